The van der Waals surface area contributed by atoms with Gasteiger partial charge < -0.3 is 11.1 Å². The summed E-state index contributed by atoms with van der Waals surface area (Å²) >= 11 is 5.90. The quantitative estimate of drug-likeness (QED) is 0.830. The molecule has 0 amide bonds. The molecule has 1 saturated heterocycles. The first kappa shape index (κ1) is 15.1. The number of benzene rings is 1. The van der Waals surface area contributed by atoms with E-state index in [-0.39, 0.29) is 5.95 Å². The molecule has 1 aromatic carbocycles. The normalized spacial score (nSPS) is 15.1. The number of nitrogen functional groups attached to an aromatic ring is 1. The van der Waals surface area contributed by atoms with Gasteiger partial charge in [-0.05, 0) is 37.1 Å². The zero-order chi connectivity index (χ0) is 15.4. The van der Waals surface area contributed by atoms with Crippen LogP contribution >= 0.6 is 11.6 Å². The first-order valence-electron chi connectivity index (χ1n) is 7.54. The number of likely N-dealkylation sites (tertiary alicyclic amines) is 1. The summed E-state index contributed by atoms with van der Waals surface area (Å²) in [7, 11) is 0. The van der Waals surface area contributed by atoms with Crippen molar-refractivity contribution < 1.29 is 0 Å². The van der Waals surface area contributed by atoms with Crippen LogP contribution in [0.4, 0.5) is 11.8 Å². The van der Waals surface area contributed by atoms with Gasteiger partial charge in [0.2, 0.25) is 5.95 Å². The molecule has 0 spiro atoms. The van der Waals surface area contributed by atoms with Crippen molar-refractivity contribution in [2.45, 2.75) is 25.9 Å². The van der Waals surface area contributed by atoms with Gasteiger partial charge in [-0.1, -0.05) is 35.9 Å². The summed E-state index contributed by atoms with van der Waals surface area (Å²) in [5.41, 5.74) is 8.23. The fraction of sp³-hybridized carbons (Fsp3) is 0.375. The molecule has 1 aliphatic rings. The minimum Gasteiger partial charge on any atom is -0.368 e. The van der Waals surface area contributed by atoms with Crippen LogP contribution in [0, 0.1) is 0 Å². The van der Waals surface area contributed by atoms with Crippen molar-refractivity contribution in [2.24, 2.45) is 0 Å². The zero-order valence-electron chi connectivity index (χ0n) is 12.4. The van der Waals surface area contributed by atoms with Crippen LogP contribution in [0.1, 0.15) is 24.0 Å². The Morgan fingerprint density at radius 2 is 1.86 bits per heavy atom. The molecule has 116 valence electrons. The van der Waals surface area contributed by atoms with Gasteiger partial charge in [0.15, 0.2) is 0 Å². The number of aromatic nitrogens is 2. The molecule has 2 heterocycles. The third kappa shape index (κ3) is 3.87. The van der Waals surface area contributed by atoms with Crippen molar-refractivity contribution in [1.29, 1.82) is 0 Å². The highest BCUT2D eigenvalue weighted by Gasteiger charge is 2.13. The predicted molar refractivity (Wildman–Crippen MR) is 89.7 cm³/mol. The maximum atomic E-state index is 5.90. The minimum atomic E-state index is 0.181. The molecule has 0 saturated carbocycles. The van der Waals surface area contributed by atoms with Crippen molar-refractivity contribution in [2.75, 3.05) is 24.1 Å². The minimum absolute atomic E-state index is 0.181. The van der Waals surface area contributed by atoms with E-state index in [1.165, 1.54) is 37.1 Å². The van der Waals surface area contributed by atoms with Crippen LogP contribution in [0.2, 0.25) is 5.15 Å². The predicted octanol–water partition coefficient (Wildman–Crippen LogP) is 2.92. The molecule has 0 atom stereocenters. The average molecular weight is 318 g/mol. The topological polar surface area (TPSA) is 67.1 Å². The summed E-state index contributed by atoms with van der Waals surface area (Å²) in [6.07, 6.45) is 2.61. The SMILES string of the molecule is Nc1nc(Cl)cc(NCc2ccccc2CN2CCCC2)n1. The summed E-state index contributed by atoms with van der Waals surface area (Å²) in [6.45, 7) is 4.08. The number of hydrogen-bond acceptors (Lipinski definition) is 5. The van der Waals surface area contributed by atoms with Crippen LogP contribution in [0.3, 0.4) is 0 Å². The summed E-state index contributed by atoms with van der Waals surface area (Å²) in [5.74, 6) is 0.828. The summed E-state index contributed by atoms with van der Waals surface area (Å²) < 4.78 is 0. The lowest BCUT2D eigenvalue weighted by atomic mass is 10.1. The molecule has 0 bridgehead atoms. The number of nitrogens with zero attached hydrogens (tertiary/aromatic N) is 3. The van der Waals surface area contributed by atoms with Gasteiger partial charge >= 0.3 is 0 Å². The van der Waals surface area contributed by atoms with Gasteiger partial charge in [-0.2, -0.15) is 4.98 Å². The zero-order valence-corrected chi connectivity index (χ0v) is 13.2. The van der Waals surface area contributed by atoms with E-state index in [9.17, 15) is 0 Å². The molecule has 3 rings (SSSR count). The Bertz CT molecular complexity index is 620. The molecular weight excluding hydrogens is 298 g/mol. The van der Waals surface area contributed by atoms with Gasteiger partial charge in [0.1, 0.15) is 11.0 Å². The third-order valence-corrected chi connectivity index (χ3v) is 4.08. The number of halogens is 1. The molecule has 5 nitrogen and oxygen atoms in total. The first-order valence-corrected chi connectivity index (χ1v) is 7.91. The monoisotopic (exact) mass is 317 g/mol. The maximum Gasteiger partial charge on any atom is 0.223 e. The fourth-order valence-electron chi connectivity index (χ4n) is 2.78. The Kier molecular flexibility index (Phi) is 4.75. The van der Waals surface area contributed by atoms with Crippen LogP contribution in [0.25, 0.3) is 0 Å². The number of rotatable bonds is 5. The second-order valence-corrected chi connectivity index (χ2v) is 5.93. The third-order valence-electron chi connectivity index (χ3n) is 3.88. The van der Waals surface area contributed by atoms with Crippen LogP contribution in [0.5, 0.6) is 0 Å². The lowest BCUT2D eigenvalue weighted by Gasteiger charge is -2.18. The molecule has 0 radical (unpaired) electrons. The number of anilines is 2. The van der Waals surface area contributed by atoms with Crippen molar-refractivity contribution >= 4 is 23.4 Å². The van der Waals surface area contributed by atoms with Crippen molar-refractivity contribution in [3.05, 3.63) is 46.6 Å². The largest absolute Gasteiger partial charge is 0.368 e. The van der Waals surface area contributed by atoms with E-state index in [4.69, 9.17) is 17.3 Å². The van der Waals surface area contributed by atoms with Crippen molar-refractivity contribution in [3.8, 4) is 0 Å². The standard InChI is InChI=1S/C16H20ClN5/c17-14-9-15(21-16(18)20-14)19-10-12-5-1-2-6-13(12)11-22-7-3-4-8-22/h1-2,5-6,9H,3-4,7-8,10-11H2,(H3,18,19,20,21). The summed E-state index contributed by atoms with van der Waals surface area (Å²) in [5, 5.41) is 3.62. The summed E-state index contributed by atoms with van der Waals surface area (Å²) in [4.78, 5) is 10.5. The van der Waals surface area contributed by atoms with Crippen molar-refractivity contribution in [3.63, 3.8) is 0 Å². The highest BCUT2D eigenvalue weighted by Crippen LogP contribution is 2.18. The Labute approximate surface area is 135 Å². The first-order chi connectivity index (χ1) is 10.7. The number of hydrogen-bond donors (Lipinski definition) is 2. The van der Waals surface area contributed by atoms with E-state index in [0.29, 0.717) is 17.5 Å². The molecule has 2 aromatic rings. The van der Waals surface area contributed by atoms with Gasteiger partial charge in [-0.3, -0.25) is 4.90 Å². The van der Waals surface area contributed by atoms with E-state index in [0.717, 1.165) is 6.54 Å². The second-order valence-electron chi connectivity index (χ2n) is 5.54. The number of nitrogens with two attached hydrogens (primary N) is 1. The Morgan fingerprint density at radius 3 is 2.59 bits per heavy atom. The van der Waals surface area contributed by atoms with E-state index >= 15 is 0 Å². The van der Waals surface area contributed by atoms with E-state index in [2.05, 4.69) is 44.5 Å². The van der Waals surface area contributed by atoms with Gasteiger partial charge in [-0.25, -0.2) is 4.98 Å². The maximum absolute atomic E-state index is 5.90. The average Bonchev–Trinajstić information content (AvgIpc) is 2.98. The highest BCUT2D eigenvalue weighted by atomic mass is 35.5. The molecule has 1 fully saturated rings. The Hall–Kier alpha value is -1.85. The van der Waals surface area contributed by atoms with Crippen molar-refractivity contribution in [1.82, 2.24) is 14.9 Å². The molecule has 3 N–H and O–H groups in total. The molecule has 0 unspecified atom stereocenters. The lowest BCUT2D eigenvalue weighted by molar-refractivity contribution is 0.330. The van der Waals surface area contributed by atoms with Crippen LogP contribution in [-0.2, 0) is 13.1 Å². The van der Waals surface area contributed by atoms with E-state index in [1.807, 2.05) is 0 Å². The van der Waals surface area contributed by atoms with Gasteiger partial charge in [-0.15, -0.1) is 0 Å². The Balaban J connectivity index is 1.69. The number of nitrogens with one attached hydrogen (secondary N) is 1. The fourth-order valence-corrected chi connectivity index (χ4v) is 2.97. The van der Waals surface area contributed by atoms with Crippen LogP contribution < -0.4 is 11.1 Å². The van der Waals surface area contributed by atoms with Gasteiger partial charge in [0, 0.05) is 19.2 Å². The van der Waals surface area contributed by atoms with E-state index in [1.54, 1.807) is 6.07 Å². The van der Waals surface area contributed by atoms with E-state index < -0.39 is 0 Å². The molecule has 1 aromatic heterocycles. The van der Waals surface area contributed by atoms with Crippen LogP contribution in [0.15, 0.2) is 30.3 Å². The Morgan fingerprint density at radius 1 is 1.14 bits per heavy atom. The highest BCUT2D eigenvalue weighted by molar-refractivity contribution is 6.29. The van der Waals surface area contributed by atoms with Crippen LogP contribution in [-0.4, -0.2) is 28.0 Å². The smallest absolute Gasteiger partial charge is 0.223 e. The molecule has 22 heavy (non-hydrogen) atoms. The van der Waals surface area contributed by atoms with Gasteiger partial charge in [0.25, 0.3) is 0 Å². The molecule has 6 heteroatoms. The molecule has 1 aliphatic heterocycles. The molecule has 0 aliphatic carbocycles. The van der Waals surface area contributed by atoms with Gasteiger partial charge in [0.05, 0.1) is 0 Å². The second kappa shape index (κ2) is 6.94. The summed E-state index contributed by atoms with van der Waals surface area (Å²) in [6, 6.07) is 10.2. The lowest BCUT2D eigenvalue weighted by Crippen LogP contribution is -2.19. The molecular formula is C16H20ClN5.